The van der Waals surface area contributed by atoms with E-state index in [0.29, 0.717) is 27.9 Å². The standard InChI is InChI=1S/C18H15ClN6O/c1-2-11-6-5-7-12(10-11)25-16(20)15(22-24-25)18-21-17(23-26-18)13-8-3-4-9-14(13)19/h3-10H,2,20H2,1H3. The molecule has 7 nitrogen and oxygen atoms in total. The highest BCUT2D eigenvalue weighted by molar-refractivity contribution is 6.33. The highest BCUT2D eigenvalue weighted by Crippen LogP contribution is 2.29. The van der Waals surface area contributed by atoms with Crippen LogP contribution in [0.1, 0.15) is 12.5 Å². The number of nitrogens with zero attached hydrogens (tertiary/aromatic N) is 5. The minimum absolute atomic E-state index is 0.190. The Morgan fingerprint density at radius 3 is 2.81 bits per heavy atom. The SMILES string of the molecule is CCc1cccc(-n2nnc(-c3nc(-c4ccccc4Cl)no3)c2N)c1. The van der Waals surface area contributed by atoms with E-state index in [1.165, 1.54) is 5.56 Å². The first-order valence-electron chi connectivity index (χ1n) is 8.07. The Kier molecular flexibility index (Phi) is 4.14. The summed E-state index contributed by atoms with van der Waals surface area (Å²) < 4.78 is 6.87. The minimum Gasteiger partial charge on any atom is -0.382 e. The Hall–Kier alpha value is -3.19. The molecule has 2 aromatic carbocycles. The van der Waals surface area contributed by atoms with Gasteiger partial charge in [0.25, 0.3) is 5.89 Å². The molecule has 0 unspecified atom stereocenters. The smallest absolute Gasteiger partial charge is 0.282 e. The van der Waals surface area contributed by atoms with E-state index in [0.717, 1.165) is 12.1 Å². The first kappa shape index (κ1) is 16.3. The van der Waals surface area contributed by atoms with Crippen molar-refractivity contribution in [3.8, 4) is 28.7 Å². The molecule has 2 aromatic heterocycles. The predicted molar refractivity (Wildman–Crippen MR) is 98.9 cm³/mol. The third kappa shape index (κ3) is 2.82. The fraction of sp³-hybridized carbons (Fsp3) is 0.111. The number of anilines is 1. The summed E-state index contributed by atoms with van der Waals surface area (Å²) in [7, 11) is 0. The molecule has 4 aromatic rings. The summed E-state index contributed by atoms with van der Waals surface area (Å²) in [6.45, 7) is 2.09. The summed E-state index contributed by atoms with van der Waals surface area (Å²) in [5.41, 5.74) is 9.23. The van der Waals surface area contributed by atoms with E-state index in [1.807, 2.05) is 42.5 Å². The maximum Gasteiger partial charge on any atom is 0.282 e. The highest BCUT2D eigenvalue weighted by Gasteiger charge is 2.20. The second-order valence-electron chi connectivity index (χ2n) is 5.66. The zero-order chi connectivity index (χ0) is 18.1. The van der Waals surface area contributed by atoms with Gasteiger partial charge in [-0.3, -0.25) is 0 Å². The van der Waals surface area contributed by atoms with Crippen LogP contribution in [0.3, 0.4) is 0 Å². The summed E-state index contributed by atoms with van der Waals surface area (Å²) in [6.07, 6.45) is 0.917. The van der Waals surface area contributed by atoms with Gasteiger partial charge in [-0.1, -0.05) is 53.2 Å². The van der Waals surface area contributed by atoms with Crippen molar-refractivity contribution in [1.82, 2.24) is 25.1 Å². The Morgan fingerprint density at radius 1 is 1.15 bits per heavy atom. The first-order chi connectivity index (χ1) is 12.7. The van der Waals surface area contributed by atoms with E-state index < -0.39 is 0 Å². The summed E-state index contributed by atoms with van der Waals surface area (Å²) in [4.78, 5) is 4.36. The van der Waals surface area contributed by atoms with Crippen molar-refractivity contribution in [2.75, 3.05) is 5.73 Å². The number of hydrogen-bond donors (Lipinski definition) is 1. The molecular weight excluding hydrogens is 352 g/mol. The lowest BCUT2D eigenvalue weighted by Gasteiger charge is -2.04. The molecule has 0 aliphatic rings. The van der Waals surface area contributed by atoms with E-state index in [4.69, 9.17) is 21.9 Å². The zero-order valence-corrected chi connectivity index (χ0v) is 14.7. The Labute approximate surface area is 154 Å². The van der Waals surface area contributed by atoms with Crippen molar-refractivity contribution in [1.29, 1.82) is 0 Å². The normalized spacial score (nSPS) is 11.0. The van der Waals surface area contributed by atoms with E-state index >= 15 is 0 Å². The lowest BCUT2D eigenvalue weighted by Crippen LogP contribution is -2.02. The van der Waals surface area contributed by atoms with E-state index in [9.17, 15) is 0 Å². The van der Waals surface area contributed by atoms with Crippen LogP contribution in [0.15, 0.2) is 53.1 Å². The van der Waals surface area contributed by atoms with Gasteiger partial charge >= 0.3 is 0 Å². The molecular formula is C18H15ClN6O. The van der Waals surface area contributed by atoms with Crippen LogP contribution in [0.5, 0.6) is 0 Å². The fourth-order valence-electron chi connectivity index (χ4n) is 2.61. The van der Waals surface area contributed by atoms with Crippen LogP contribution in [0.2, 0.25) is 5.02 Å². The molecule has 8 heteroatoms. The van der Waals surface area contributed by atoms with Gasteiger partial charge in [0, 0.05) is 5.56 Å². The number of halogens is 1. The molecule has 0 saturated heterocycles. The van der Waals surface area contributed by atoms with Gasteiger partial charge in [0.2, 0.25) is 5.82 Å². The van der Waals surface area contributed by atoms with Crippen LogP contribution < -0.4 is 5.73 Å². The van der Waals surface area contributed by atoms with Gasteiger partial charge in [-0.15, -0.1) is 5.10 Å². The van der Waals surface area contributed by atoms with Gasteiger partial charge in [0.15, 0.2) is 11.5 Å². The van der Waals surface area contributed by atoms with Crippen molar-refractivity contribution < 1.29 is 4.52 Å². The van der Waals surface area contributed by atoms with E-state index in [2.05, 4.69) is 27.4 Å². The molecule has 0 spiro atoms. The molecule has 0 bridgehead atoms. The molecule has 0 saturated carbocycles. The van der Waals surface area contributed by atoms with Crippen LogP contribution in [-0.2, 0) is 6.42 Å². The average Bonchev–Trinajstić information content (AvgIpc) is 3.29. The molecule has 2 heterocycles. The number of aryl methyl sites for hydroxylation is 1. The number of rotatable bonds is 4. The molecule has 4 rings (SSSR count). The number of hydrogen-bond acceptors (Lipinski definition) is 6. The molecule has 0 aliphatic carbocycles. The topological polar surface area (TPSA) is 95.6 Å². The van der Waals surface area contributed by atoms with Crippen LogP contribution in [0, 0.1) is 0 Å². The summed E-state index contributed by atoms with van der Waals surface area (Å²) in [5, 5.41) is 12.7. The zero-order valence-electron chi connectivity index (χ0n) is 13.9. The van der Waals surface area contributed by atoms with Gasteiger partial charge in [0.1, 0.15) is 0 Å². The number of nitrogen functional groups attached to an aromatic ring is 1. The van der Waals surface area contributed by atoms with Gasteiger partial charge < -0.3 is 10.3 Å². The monoisotopic (exact) mass is 366 g/mol. The lowest BCUT2D eigenvalue weighted by molar-refractivity contribution is 0.431. The Morgan fingerprint density at radius 2 is 2.00 bits per heavy atom. The molecule has 0 aliphatic heterocycles. The van der Waals surface area contributed by atoms with Crippen LogP contribution >= 0.6 is 11.6 Å². The van der Waals surface area contributed by atoms with Gasteiger partial charge in [-0.25, -0.2) is 0 Å². The lowest BCUT2D eigenvalue weighted by atomic mass is 10.1. The Bertz CT molecular complexity index is 1070. The second-order valence-corrected chi connectivity index (χ2v) is 6.07. The quantitative estimate of drug-likeness (QED) is 0.590. The van der Waals surface area contributed by atoms with Crippen molar-refractivity contribution >= 4 is 17.4 Å². The molecule has 26 heavy (non-hydrogen) atoms. The third-order valence-corrected chi connectivity index (χ3v) is 4.34. The third-order valence-electron chi connectivity index (χ3n) is 4.01. The van der Waals surface area contributed by atoms with E-state index in [1.54, 1.807) is 10.7 Å². The summed E-state index contributed by atoms with van der Waals surface area (Å²) in [6, 6.07) is 15.2. The fourth-order valence-corrected chi connectivity index (χ4v) is 2.83. The highest BCUT2D eigenvalue weighted by atomic mass is 35.5. The van der Waals surface area contributed by atoms with Crippen LogP contribution in [-0.4, -0.2) is 25.1 Å². The number of benzene rings is 2. The molecule has 0 fully saturated rings. The van der Waals surface area contributed by atoms with E-state index in [-0.39, 0.29) is 5.89 Å². The second kappa shape index (κ2) is 6.61. The predicted octanol–water partition coefficient (Wildman–Crippen LogP) is 3.78. The van der Waals surface area contributed by atoms with Crippen molar-refractivity contribution in [3.05, 3.63) is 59.1 Å². The van der Waals surface area contributed by atoms with Crippen molar-refractivity contribution in [2.24, 2.45) is 0 Å². The minimum atomic E-state index is 0.190. The summed E-state index contributed by atoms with van der Waals surface area (Å²) in [5.74, 6) is 0.885. The number of nitrogens with two attached hydrogens (primary N) is 1. The average molecular weight is 367 g/mol. The largest absolute Gasteiger partial charge is 0.382 e. The molecule has 130 valence electrons. The van der Waals surface area contributed by atoms with Crippen molar-refractivity contribution in [3.63, 3.8) is 0 Å². The molecule has 0 amide bonds. The maximum absolute atomic E-state index is 6.22. The van der Waals surface area contributed by atoms with Crippen LogP contribution in [0.25, 0.3) is 28.7 Å². The first-order valence-corrected chi connectivity index (χ1v) is 8.44. The molecule has 0 radical (unpaired) electrons. The molecule has 0 atom stereocenters. The van der Waals surface area contributed by atoms with Gasteiger partial charge in [-0.2, -0.15) is 9.67 Å². The van der Waals surface area contributed by atoms with Crippen LogP contribution in [0.4, 0.5) is 5.82 Å². The maximum atomic E-state index is 6.22. The van der Waals surface area contributed by atoms with Crippen molar-refractivity contribution in [2.45, 2.75) is 13.3 Å². The summed E-state index contributed by atoms with van der Waals surface area (Å²) >= 11 is 6.18. The van der Waals surface area contributed by atoms with Gasteiger partial charge in [0.05, 0.1) is 10.7 Å². The Balaban J connectivity index is 1.72. The van der Waals surface area contributed by atoms with Gasteiger partial charge in [-0.05, 0) is 36.2 Å². The number of aromatic nitrogens is 5. The molecule has 2 N–H and O–H groups in total.